The zero-order valence-corrected chi connectivity index (χ0v) is 17.4. The normalized spacial score (nSPS) is 39.3. The fraction of sp³-hybridized carbons (Fsp3) is 0.810. The predicted octanol–water partition coefficient (Wildman–Crippen LogP) is 0.572. The molecule has 5 amide bonds. The van der Waals surface area contributed by atoms with E-state index in [-0.39, 0.29) is 47.4 Å². The van der Waals surface area contributed by atoms with Crippen LogP contribution in [0.1, 0.15) is 64.7 Å². The summed E-state index contributed by atoms with van der Waals surface area (Å²) in [5.41, 5.74) is -0.964. The van der Waals surface area contributed by atoms with Crippen LogP contribution in [0.5, 0.6) is 0 Å². The number of amides is 5. The summed E-state index contributed by atoms with van der Waals surface area (Å²) in [5.74, 6) is -0.665. The van der Waals surface area contributed by atoms with E-state index in [4.69, 9.17) is 4.74 Å². The molecule has 2 saturated carbocycles. The quantitative estimate of drug-likeness (QED) is 0.580. The largest absolute Gasteiger partial charge is 0.362 e. The summed E-state index contributed by atoms with van der Waals surface area (Å²) in [5, 5.41) is 8.02. The summed E-state index contributed by atoms with van der Waals surface area (Å²) >= 11 is 0. The molecule has 3 aliphatic heterocycles. The minimum Gasteiger partial charge on any atom is -0.362 e. The van der Waals surface area contributed by atoms with Crippen molar-refractivity contribution in [1.82, 2.24) is 20.9 Å². The Labute approximate surface area is 175 Å². The molecule has 0 aromatic heterocycles. The van der Waals surface area contributed by atoms with Crippen LogP contribution in [-0.4, -0.2) is 64.5 Å². The maximum absolute atomic E-state index is 13.1. The fourth-order valence-electron chi connectivity index (χ4n) is 5.77. The average molecular weight is 418 g/mol. The Morgan fingerprint density at radius 3 is 2.50 bits per heavy atom. The van der Waals surface area contributed by atoms with Crippen molar-refractivity contribution in [2.24, 2.45) is 5.92 Å². The van der Waals surface area contributed by atoms with Crippen LogP contribution in [-0.2, 0) is 19.1 Å². The standard InChI is InChI=1S/C21H30N4O5/c1-12-3-4-14(22-16(26)15-5-8-20(30-15)6-2-7-20)11-25(12)17(27)13-9-21(10-13)18(28)23-19(29)24-21/h12-15H,2-11H2,1H3,(H,22,26)(H2,23,24,28,29). The van der Waals surface area contributed by atoms with Crippen LogP contribution >= 0.6 is 0 Å². The molecule has 0 radical (unpaired) electrons. The lowest BCUT2D eigenvalue weighted by Crippen LogP contribution is -2.62. The summed E-state index contributed by atoms with van der Waals surface area (Å²) in [7, 11) is 0. The average Bonchev–Trinajstić information content (AvgIpc) is 3.23. The molecule has 0 bridgehead atoms. The molecule has 3 saturated heterocycles. The maximum Gasteiger partial charge on any atom is 0.322 e. The van der Waals surface area contributed by atoms with Gasteiger partial charge >= 0.3 is 6.03 Å². The van der Waals surface area contributed by atoms with Crippen molar-refractivity contribution in [3.63, 3.8) is 0 Å². The van der Waals surface area contributed by atoms with Gasteiger partial charge in [-0.15, -0.1) is 0 Å². The summed E-state index contributed by atoms with van der Waals surface area (Å²) in [6.07, 6.45) is 6.99. The third kappa shape index (κ3) is 3.18. The van der Waals surface area contributed by atoms with Gasteiger partial charge in [-0.3, -0.25) is 19.7 Å². The van der Waals surface area contributed by atoms with Crippen molar-refractivity contribution >= 4 is 23.8 Å². The van der Waals surface area contributed by atoms with Crippen LogP contribution in [0.2, 0.25) is 0 Å². The first-order valence-corrected chi connectivity index (χ1v) is 11.2. The molecule has 2 spiro atoms. The first kappa shape index (κ1) is 19.8. The third-order valence-corrected chi connectivity index (χ3v) is 7.88. The molecule has 3 heterocycles. The van der Waals surface area contributed by atoms with E-state index in [0.717, 1.165) is 38.5 Å². The van der Waals surface area contributed by atoms with Gasteiger partial charge in [0.1, 0.15) is 11.6 Å². The second-order valence-electron chi connectivity index (χ2n) is 9.90. The van der Waals surface area contributed by atoms with Crippen LogP contribution in [0.3, 0.4) is 0 Å². The van der Waals surface area contributed by atoms with E-state index >= 15 is 0 Å². The van der Waals surface area contributed by atoms with Gasteiger partial charge in [0.05, 0.1) is 5.60 Å². The molecule has 3 unspecified atom stereocenters. The van der Waals surface area contributed by atoms with Crippen molar-refractivity contribution in [1.29, 1.82) is 0 Å². The highest BCUT2D eigenvalue weighted by atomic mass is 16.5. The van der Waals surface area contributed by atoms with Gasteiger partial charge in [-0.05, 0) is 64.7 Å². The van der Waals surface area contributed by atoms with E-state index in [1.54, 1.807) is 0 Å². The molecule has 164 valence electrons. The Bertz CT molecular complexity index is 788. The van der Waals surface area contributed by atoms with E-state index in [1.165, 1.54) is 6.42 Å². The molecule has 5 rings (SSSR count). The minimum atomic E-state index is -0.915. The zero-order valence-electron chi connectivity index (χ0n) is 17.4. The molecule has 2 aliphatic carbocycles. The topological polar surface area (TPSA) is 117 Å². The maximum atomic E-state index is 13.1. The SMILES string of the molecule is CC1CCC(NC(=O)C2CCC3(CCC3)O2)CN1C(=O)C1CC2(C1)NC(=O)NC2=O. The lowest BCUT2D eigenvalue weighted by Gasteiger charge is -2.46. The van der Waals surface area contributed by atoms with Crippen LogP contribution in [0.4, 0.5) is 4.79 Å². The highest BCUT2D eigenvalue weighted by Gasteiger charge is 2.58. The van der Waals surface area contributed by atoms with Gasteiger partial charge in [0.2, 0.25) is 11.8 Å². The van der Waals surface area contributed by atoms with E-state index < -0.39 is 11.6 Å². The summed E-state index contributed by atoms with van der Waals surface area (Å²) in [4.78, 5) is 51.0. The van der Waals surface area contributed by atoms with E-state index in [2.05, 4.69) is 16.0 Å². The smallest absolute Gasteiger partial charge is 0.322 e. The number of carbonyl (C=O) groups excluding carboxylic acids is 4. The summed E-state index contributed by atoms with van der Waals surface area (Å²) in [6, 6.07) is -0.476. The molecule has 0 aromatic rings. The van der Waals surface area contributed by atoms with Crippen molar-refractivity contribution < 1.29 is 23.9 Å². The lowest BCUT2D eigenvalue weighted by atomic mass is 9.67. The number of hydrogen-bond donors (Lipinski definition) is 3. The van der Waals surface area contributed by atoms with Crippen molar-refractivity contribution in [3.8, 4) is 0 Å². The van der Waals surface area contributed by atoms with E-state index in [9.17, 15) is 19.2 Å². The Kier molecular flexibility index (Phi) is 4.57. The van der Waals surface area contributed by atoms with Crippen LogP contribution < -0.4 is 16.0 Å². The first-order chi connectivity index (χ1) is 14.3. The van der Waals surface area contributed by atoms with Gasteiger partial charge in [0.15, 0.2) is 0 Å². The van der Waals surface area contributed by atoms with E-state index in [1.807, 2.05) is 11.8 Å². The molecular formula is C21H30N4O5. The molecule has 5 aliphatic rings. The number of nitrogens with zero attached hydrogens (tertiary/aromatic N) is 1. The van der Waals surface area contributed by atoms with Crippen molar-refractivity contribution in [2.75, 3.05) is 6.54 Å². The van der Waals surface area contributed by atoms with Crippen molar-refractivity contribution in [2.45, 2.75) is 94.0 Å². The Hall–Kier alpha value is -2.16. The molecule has 30 heavy (non-hydrogen) atoms. The number of piperidine rings is 1. The van der Waals surface area contributed by atoms with Crippen LogP contribution in [0.25, 0.3) is 0 Å². The predicted molar refractivity (Wildman–Crippen MR) is 105 cm³/mol. The number of urea groups is 1. The number of carbonyl (C=O) groups is 4. The first-order valence-electron chi connectivity index (χ1n) is 11.2. The number of likely N-dealkylation sites (tertiary alicyclic amines) is 1. The molecular weight excluding hydrogens is 388 g/mol. The fourth-order valence-corrected chi connectivity index (χ4v) is 5.77. The number of imide groups is 1. The Morgan fingerprint density at radius 1 is 1.13 bits per heavy atom. The third-order valence-electron chi connectivity index (χ3n) is 7.88. The van der Waals surface area contributed by atoms with Crippen LogP contribution in [0.15, 0.2) is 0 Å². The van der Waals surface area contributed by atoms with Gasteiger partial charge in [-0.2, -0.15) is 0 Å². The van der Waals surface area contributed by atoms with E-state index in [0.29, 0.717) is 19.4 Å². The highest BCUT2D eigenvalue weighted by molar-refractivity contribution is 6.08. The van der Waals surface area contributed by atoms with Gasteiger partial charge in [-0.25, -0.2) is 4.79 Å². The monoisotopic (exact) mass is 418 g/mol. The molecule has 0 aromatic carbocycles. The summed E-state index contributed by atoms with van der Waals surface area (Å²) in [6.45, 7) is 2.50. The van der Waals surface area contributed by atoms with Crippen LogP contribution in [0, 0.1) is 5.92 Å². The highest BCUT2D eigenvalue weighted by Crippen LogP contribution is 2.45. The molecule has 3 atom stereocenters. The molecule has 3 N–H and O–H groups in total. The Balaban J connectivity index is 1.15. The summed E-state index contributed by atoms with van der Waals surface area (Å²) < 4.78 is 6.06. The second kappa shape index (κ2) is 6.93. The van der Waals surface area contributed by atoms with Crippen molar-refractivity contribution in [3.05, 3.63) is 0 Å². The molecule has 5 fully saturated rings. The Morgan fingerprint density at radius 2 is 1.90 bits per heavy atom. The minimum absolute atomic E-state index is 0.00607. The lowest BCUT2D eigenvalue weighted by molar-refractivity contribution is -0.150. The van der Waals surface area contributed by atoms with Gasteiger partial charge < -0.3 is 20.3 Å². The van der Waals surface area contributed by atoms with Gasteiger partial charge in [0.25, 0.3) is 5.91 Å². The zero-order chi connectivity index (χ0) is 21.1. The number of rotatable bonds is 3. The molecule has 9 heteroatoms. The molecule has 9 nitrogen and oxygen atoms in total. The second-order valence-corrected chi connectivity index (χ2v) is 9.90. The number of hydrogen-bond acceptors (Lipinski definition) is 5. The number of ether oxygens (including phenoxy) is 1. The van der Waals surface area contributed by atoms with Gasteiger partial charge in [-0.1, -0.05) is 0 Å². The number of nitrogens with one attached hydrogen (secondary N) is 3. The van der Waals surface area contributed by atoms with Gasteiger partial charge in [0, 0.05) is 24.5 Å².